The molecule has 1 aliphatic heterocycles. The van der Waals surface area contributed by atoms with E-state index >= 15 is 0 Å². The van der Waals surface area contributed by atoms with E-state index in [2.05, 4.69) is 42.9 Å². The zero-order chi connectivity index (χ0) is 21.0. The summed E-state index contributed by atoms with van der Waals surface area (Å²) in [5.74, 6) is -0.319. The Kier molecular flexibility index (Phi) is 6.70. The van der Waals surface area contributed by atoms with Gasteiger partial charge in [-0.05, 0) is 47.9 Å². The average molecular weight is 398 g/mol. The summed E-state index contributed by atoms with van der Waals surface area (Å²) in [5, 5.41) is 3.09. The van der Waals surface area contributed by atoms with Crippen LogP contribution in [0.15, 0.2) is 48.5 Å². The van der Waals surface area contributed by atoms with Crippen molar-refractivity contribution in [1.29, 1.82) is 0 Å². The number of benzene rings is 2. The Morgan fingerprint density at radius 3 is 2.14 bits per heavy atom. The zero-order valence-corrected chi connectivity index (χ0v) is 17.9. The van der Waals surface area contributed by atoms with E-state index in [0.29, 0.717) is 12.1 Å². The number of rotatable bonds is 5. The summed E-state index contributed by atoms with van der Waals surface area (Å²) in [7, 11) is 2.12. The summed E-state index contributed by atoms with van der Waals surface area (Å²) in [4.78, 5) is 17.4. The van der Waals surface area contributed by atoms with Crippen molar-refractivity contribution in [3.8, 4) is 0 Å². The van der Waals surface area contributed by atoms with Crippen LogP contribution >= 0.6 is 0 Å². The van der Waals surface area contributed by atoms with E-state index in [9.17, 15) is 9.18 Å². The molecule has 0 radical (unpaired) electrons. The van der Waals surface area contributed by atoms with E-state index in [1.54, 1.807) is 0 Å². The smallest absolute Gasteiger partial charge is 0.251 e. The third-order valence-corrected chi connectivity index (χ3v) is 5.70. The molecule has 2 aromatic carbocycles. The van der Waals surface area contributed by atoms with Gasteiger partial charge in [0, 0.05) is 38.3 Å². The van der Waals surface area contributed by atoms with Crippen molar-refractivity contribution >= 4 is 5.91 Å². The molecule has 1 atom stereocenters. The minimum Gasteiger partial charge on any atom is -0.350 e. The highest BCUT2D eigenvalue weighted by atomic mass is 19.1. The Bertz CT molecular complexity index is 804. The van der Waals surface area contributed by atoms with Crippen LogP contribution in [0.4, 0.5) is 4.39 Å². The second kappa shape index (κ2) is 9.06. The molecule has 0 aliphatic carbocycles. The highest BCUT2D eigenvalue weighted by Gasteiger charge is 2.24. The lowest BCUT2D eigenvalue weighted by atomic mass is 9.87. The summed E-state index contributed by atoms with van der Waals surface area (Å²) >= 11 is 0. The molecule has 1 heterocycles. The van der Waals surface area contributed by atoms with Gasteiger partial charge in [-0.25, -0.2) is 4.39 Å². The van der Waals surface area contributed by atoms with Crippen LogP contribution in [-0.2, 0) is 5.41 Å². The SMILES string of the molecule is CN1CCN([C@@H](CNC(=O)c2ccc(C(C)(C)C)cc2)c2ccc(F)cc2)CC1. The monoisotopic (exact) mass is 397 g/mol. The fourth-order valence-electron chi connectivity index (χ4n) is 3.69. The Hall–Kier alpha value is -2.24. The number of carbonyl (C=O) groups excluding carboxylic acids is 1. The zero-order valence-electron chi connectivity index (χ0n) is 17.9. The number of halogens is 1. The van der Waals surface area contributed by atoms with Gasteiger partial charge in [-0.1, -0.05) is 45.0 Å². The summed E-state index contributed by atoms with van der Waals surface area (Å²) in [6, 6.07) is 14.5. The molecule has 0 unspecified atom stereocenters. The van der Waals surface area contributed by atoms with Crippen LogP contribution < -0.4 is 5.32 Å². The van der Waals surface area contributed by atoms with Crippen molar-refractivity contribution in [2.24, 2.45) is 0 Å². The molecule has 4 nitrogen and oxygen atoms in total. The van der Waals surface area contributed by atoms with Crippen LogP contribution in [0.3, 0.4) is 0 Å². The molecule has 2 aromatic rings. The van der Waals surface area contributed by atoms with E-state index in [4.69, 9.17) is 0 Å². The van der Waals surface area contributed by atoms with E-state index in [1.807, 2.05) is 36.4 Å². The van der Waals surface area contributed by atoms with Crippen molar-refractivity contribution in [3.63, 3.8) is 0 Å². The fourth-order valence-corrected chi connectivity index (χ4v) is 3.69. The maximum absolute atomic E-state index is 13.4. The second-order valence-corrected chi connectivity index (χ2v) is 8.94. The predicted molar refractivity (Wildman–Crippen MR) is 116 cm³/mol. The number of piperazine rings is 1. The number of nitrogens with zero attached hydrogens (tertiary/aromatic N) is 2. The molecule has 0 spiro atoms. The largest absolute Gasteiger partial charge is 0.350 e. The van der Waals surface area contributed by atoms with Gasteiger partial charge >= 0.3 is 0 Å². The molecule has 1 fully saturated rings. The maximum Gasteiger partial charge on any atom is 0.251 e. The van der Waals surface area contributed by atoms with Crippen LogP contribution in [0.2, 0.25) is 0 Å². The minimum atomic E-state index is -0.242. The average Bonchev–Trinajstić information content (AvgIpc) is 2.70. The molecule has 0 saturated carbocycles. The molecule has 5 heteroatoms. The van der Waals surface area contributed by atoms with Crippen molar-refractivity contribution in [1.82, 2.24) is 15.1 Å². The van der Waals surface area contributed by atoms with Gasteiger partial charge in [0.05, 0.1) is 6.04 Å². The van der Waals surface area contributed by atoms with Crippen LogP contribution in [0.1, 0.15) is 48.3 Å². The molecule has 0 bridgehead atoms. The number of likely N-dealkylation sites (N-methyl/N-ethyl adjacent to an activating group) is 1. The molecule has 3 rings (SSSR count). The normalized spacial score (nSPS) is 17.1. The molecule has 29 heavy (non-hydrogen) atoms. The molecular weight excluding hydrogens is 365 g/mol. The molecule has 1 aliphatic rings. The fraction of sp³-hybridized carbons (Fsp3) is 0.458. The van der Waals surface area contributed by atoms with Gasteiger partial charge < -0.3 is 10.2 Å². The molecular formula is C24H32FN3O. The summed E-state index contributed by atoms with van der Waals surface area (Å²) < 4.78 is 13.4. The first-order valence-electron chi connectivity index (χ1n) is 10.3. The van der Waals surface area contributed by atoms with Gasteiger partial charge in [-0.15, -0.1) is 0 Å². The first kappa shape index (κ1) is 21.5. The van der Waals surface area contributed by atoms with Crippen molar-refractivity contribution in [2.75, 3.05) is 39.8 Å². The third kappa shape index (κ3) is 5.64. The van der Waals surface area contributed by atoms with E-state index < -0.39 is 0 Å². The molecule has 156 valence electrons. The van der Waals surface area contributed by atoms with E-state index in [0.717, 1.165) is 31.7 Å². The van der Waals surface area contributed by atoms with Gasteiger partial charge in [0.25, 0.3) is 5.91 Å². The molecule has 0 aromatic heterocycles. The maximum atomic E-state index is 13.4. The Balaban J connectivity index is 1.70. The quantitative estimate of drug-likeness (QED) is 0.833. The van der Waals surface area contributed by atoms with Crippen LogP contribution in [-0.4, -0.2) is 55.5 Å². The van der Waals surface area contributed by atoms with Crippen LogP contribution in [0, 0.1) is 5.82 Å². The predicted octanol–water partition coefficient (Wildman–Crippen LogP) is 3.84. The van der Waals surface area contributed by atoms with Gasteiger partial charge in [0.1, 0.15) is 5.82 Å². The highest BCUT2D eigenvalue weighted by Crippen LogP contribution is 2.24. The molecule has 1 N–H and O–H groups in total. The van der Waals surface area contributed by atoms with E-state index in [1.165, 1.54) is 17.7 Å². The van der Waals surface area contributed by atoms with Crippen molar-refractivity contribution in [2.45, 2.75) is 32.2 Å². The van der Waals surface area contributed by atoms with Gasteiger partial charge in [0.2, 0.25) is 0 Å². The minimum absolute atomic E-state index is 0.0297. The topological polar surface area (TPSA) is 35.6 Å². The van der Waals surface area contributed by atoms with Gasteiger partial charge in [-0.2, -0.15) is 0 Å². The molecule has 1 amide bonds. The van der Waals surface area contributed by atoms with Gasteiger partial charge in [0.15, 0.2) is 0 Å². The number of amides is 1. The number of nitrogens with one attached hydrogen (secondary N) is 1. The highest BCUT2D eigenvalue weighted by molar-refractivity contribution is 5.94. The van der Waals surface area contributed by atoms with E-state index in [-0.39, 0.29) is 23.2 Å². The van der Waals surface area contributed by atoms with Crippen LogP contribution in [0.25, 0.3) is 0 Å². The third-order valence-electron chi connectivity index (χ3n) is 5.70. The van der Waals surface area contributed by atoms with Gasteiger partial charge in [-0.3, -0.25) is 9.69 Å². The number of hydrogen-bond acceptors (Lipinski definition) is 3. The lowest BCUT2D eigenvalue weighted by Gasteiger charge is -2.38. The van der Waals surface area contributed by atoms with Crippen molar-refractivity contribution < 1.29 is 9.18 Å². The second-order valence-electron chi connectivity index (χ2n) is 8.94. The van der Waals surface area contributed by atoms with Crippen molar-refractivity contribution in [3.05, 3.63) is 71.0 Å². The Morgan fingerprint density at radius 2 is 1.59 bits per heavy atom. The molecule has 1 saturated heterocycles. The standard InChI is InChI=1S/C24H32FN3O/c1-24(2,3)20-9-5-19(6-10-20)23(29)26-17-22(18-7-11-21(25)12-8-18)28-15-13-27(4)14-16-28/h5-12,22H,13-17H2,1-4H3,(H,26,29)/t22-/m0/s1. The Morgan fingerprint density at radius 1 is 1.00 bits per heavy atom. The lowest BCUT2D eigenvalue weighted by Crippen LogP contribution is -2.48. The van der Waals surface area contributed by atoms with Crippen LogP contribution in [0.5, 0.6) is 0 Å². The lowest BCUT2D eigenvalue weighted by molar-refractivity contribution is 0.0886. The Labute approximate surface area is 173 Å². The first-order chi connectivity index (χ1) is 13.7. The summed E-state index contributed by atoms with van der Waals surface area (Å²) in [6.45, 7) is 10.8. The first-order valence-corrected chi connectivity index (χ1v) is 10.3. The number of carbonyl (C=O) groups is 1. The number of hydrogen-bond donors (Lipinski definition) is 1. The summed E-state index contributed by atoms with van der Waals surface area (Å²) in [6.07, 6.45) is 0. The summed E-state index contributed by atoms with van der Waals surface area (Å²) in [5.41, 5.74) is 2.95.